The van der Waals surface area contributed by atoms with Gasteiger partial charge >= 0.3 is 6.09 Å². The van der Waals surface area contributed by atoms with Crippen LogP contribution in [0.2, 0.25) is 5.02 Å². The predicted octanol–water partition coefficient (Wildman–Crippen LogP) is 5.06. The Morgan fingerprint density at radius 2 is 1.76 bits per heavy atom. The van der Waals surface area contributed by atoms with Gasteiger partial charge in [-0.1, -0.05) is 23.7 Å². The number of carbonyl (C=O) groups is 2. The van der Waals surface area contributed by atoms with E-state index in [-0.39, 0.29) is 12.0 Å². The lowest BCUT2D eigenvalue weighted by atomic mass is 9.71. The molecule has 2 amide bonds. The Morgan fingerprint density at radius 1 is 1.05 bits per heavy atom. The van der Waals surface area contributed by atoms with Gasteiger partial charge in [0, 0.05) is 60.9 Å². The molecule has 3 aliphatic rings. The summed E-state index contributed by atoms with van der Waals surface area (Å²) in [5, 5.41) is 0.987. The second-order valence-electron chi connectivity index (χ2n) is 11.3. The zero-order chi connectivity index (χ0) is 27.1. The zero-order valence-corrected chi connectivity index (χ0v) is 24.1. The molecule has 0 saturated carbocycles. The first-order chi connectivity index (χ1) is 18.1. The molecule has 2 aromatic rings. The number of anilines is 1. The highest BCUT2D eigenvalue weighted by atomic mass is 35.5. The molecule has 3 aliphatic heterocycles. The van der Waals surface area contributed by atoms with E-state index in [1.165, 1.54) is 5.56 Å². The lowest BCUT2D eigenvalue weighted by Gasteiger charge is -2.45. The quantitative estimate of drug-likeness (QED) is 0.522. The van der Waals surface area contributed by atoms with Crippen LogP contribution in [0.4, 0.5) is 10.6 Å². The molecule has 0 radical (unpaired) electrons. The van der Waals surface area contributed by atoms with Crippen molar-refractivity contribution in [2.24, 2.45) is 0 Å². The number of ether oxygens (including phenoxy) is 1. The Bertz CT molecular complexity index is 1200. The summed E-state index contributed by atoms with van der Waals surface area (Å²) in [7, 11) is 0. The number of halogens is 1. The third kappa shape index (κ3) is 5.32. The number of thioether (sulfide) groups is 1. The van der Waals surface area contributed by atoms with Crippen molar-refractivity contribution in [2.45, 2.75) is 62.6 Å². The van der Waals surface area contributed by atoms with Gasteiger partial charge in [-0.3, -0.25) is 4.79 Å². The van der Waals surface area contributed by atoms with Crippen LogP contribution < -0.4 is 4.90 Å². The number of benzene rings is 1. The second kappa shape index (κ2) is 10.6. The molecule has 0 spiro atoms. The highest BCUT2D eigenvalue weighted by molar-refractivity contribution is 7.99. The molecular weight excluding hydrogens is 522 g/mol. The predicted molar refractivity (Wildman–Crippen MR) is 151 cm³/mol. The summed E-state index contributed by atoms with van der Waals surface area (Å²) in [5.41, 5.74) is 1.99. The summed E-state index contributed by atoms with van der Waals surface area (Å²) in [6.45, 7) is 11.4. The number of hydrogen-bond donors (Lipinski definition) is 0. The molecule has 8 nitrogen and oxygen atoms in total. The fraction of sp³-hybridized carbons (Fsp3) is 0.571. The van der Waals surface area contributed by atoms with Gasteiger partial charge < -0.3 is 19.4 Å². The van der Waals surface area contributed by atoms with Crippen molar-refractivity contribution in [3.8, 4) is 0 Å². The maximum atomic E-state index is 14.3. The highest BCUT2D eigenvalue weighted by Crippen LogP contribution is 2.44. The fourth-order valence-electron chi connectivity index (χ4n) is 5.73. The van der Waals surface area contributed by atoms with Crippen molar-refractivity contribution in [3.63, 3.8) is 0 Å². The molecule has 38 heavy (non-hydrogen) atoms. The number of carbonyl (C=O) groups excluding carboxylic acids is 2. The van der Waals surface area contributed by atoms with Crippen molar-refractivity contribution in [1.82, 2.24) is 19.8 Å². The summed E-state index contributed by atoms with van der Waals surface area (Å²) in [6, 6.07) is 7.63. The highest BCUT2D eigenvalue weighted by Gasteiger charge is 2.47. The molecule has 10 heteroatoms. The lowest BCUT2D eigenvalue weighted by molar-refractivity contribution is -0.140. The monoisotopic (exact) mass is 557 g/mol. The first-order valence-electron chi connectivity index (χ1n) is 13.3. The molecule has 2 fully saturated rings. The topological polar surface area (TPSA) is 78.9 Å². The standard InChI is InChI=1S/C28H36ClN5O3S/c1-19-23-22(17-38-19)30-18-31-24(23)32-12-14-33(15-13-32)25(35)28(20-6-5-7-21(29)16-20)8-10-34(11-9-28)26(36)37-27(2,3)4/h5-7,16,18-19H,8-15,17H2,1-4H3/t19-/m1/s1. The van der Waals surface area contributed by atoms with Crippen LogP contribution >= 0.6 is 23.4 Å². The summed E-state index contributed by atoms with van der Waals surface area (Å²) in [5.74, 6) is 2.04. The van der Waals surface area contributed by atoms with Gasteiger partial charge in [-0.25, -0.2) is 14.8 Å². The molecule has 0 N–H and O–H groups in total. The molecule has 204 valence electrons. The van der Waals surface area contributed by atoms with Gasteiger partial charge in [0.25, 0.3) is 0 Å². The van der Waals surface area contributed by atoms with Crippen LogP contribution in [-0.2, 0) is 20.7 Å². The van der Waals surface area contributed by atoms with E-state index in [1.54, 1.807) is 11.2 Å². The van der Waals surface area contributed by atoms with Crippen molar-refractivity contribution in [3.05, 3.63) is 52.4 Å². The summed E-state index contributed by atoms with van der Waals surface area (Å²) in [6.07, 6.45) is 2.39. The van der Waals surface area contributed by atoms with E-state index in [2.05, 4.69) is 21.8 Å². The largest absolute Gasteiger partial charge is 0.444 e. The van der Waals surface area contributed by atoms with Crippen LogP contribution in [0.5, 0.6) is 0 Å². The Hall–Kier alpha value is -2.52. The summed E-state index contributed by atoms with van der Waals surface area (Å²) in [4.78, 5) is 42.1. The van der Waals surface area contributed by atoms with Gasteiger partial charge in [0.15, 0.2) is 0 Å². The minimum Gasteiger partial charge on any atom is -0.444 e. The van der Waals surface area contributed by atoms with Crippen molar-refractivity contribution >= 4 is 41.2 Å². The minimum atomic E-state index is -0.729. The van der Waals surface area contributed by atoms with E-state index >= 15 is 0 Å². The van der Waals surface area contributed by atoms with E-state index in [0.717, 1.165) is 35.9 Å². The smallest absolute Gasteiger partial charge is 0.410 e. The van der Waals surface area contributed by atoms with E-state index in [9.17, 15) is 9.59 Å². The zero-order valence-electron chi connectivity index (χ0n) is 22.6. The number of nitrogens with zero attached hydrogens (tertiary/aromatic N) is 5. The van der Waals surface area contributed by atoms with Gasteiger partial charge in [-0.05, 0) is 58.2 Å². The number of piperazine rings is 1. The van der Waals surface area contributed by atoms with Gasteiger partial charge in [-0.15, -0.1) is 11.8 Å². The molecule has 1 aromatic heterocycles. The Labute approximate surface area is 234 Å². The van der Waals surface area contributed by atoms with Crippen molar-refractivity contribution in [1.29, 1.82) is 0 Å². The Balaban J connectivity index is 1.33. The van der Waals surface area contributed by atoms with Crippen LogP contribution in [0.15, 0.2) is 30.6 Å². The van der Waals surface area contributed by atoms with E-state index in [1.807, 2.05) is 61.7 Å². The van der Waals surface area contributed by atoms with Gasteiger partial charge in [0.2, 0.25) is 5.91 Å². The van der Waals surface area contributed by atoms with Crippen LogP contribution in [0.3, 0.4) is 0 Å². The van der Waals surface area contributed by atoms with E-state index in [0.29, 0.717) is 49.3 Å². The van der Waals surface area contributed by atoms with Crippen molar-refractivity contribution < 1.29 is 14.3 Å². The van der Waals surface area contributed by atoms with Gasteiger partial charge in [-0.2, -0.15) is 0 Å². The normalized spacial score (nSPS) is 21.3. The number of rotatable bonds is 3. The molecule has 0 unspecified atom stereocenters. The second-order valence-corrected chi connectivity index (χ2v) is 13.1. The maximum absolute atomic E-state index is 14.3. The first kappa shape index (κ1) is 27.1. The van der Waals surface area contributed by atoms with E-state index < -0.39 is 11.0 Å². The molecule has 2 saturated heterocycles. The van der Waals surface area contributed by atoms with Crippen LogP contribution in [-0.4, -0.2) is 76.6 Å². The van der Waals surface area contributed by atoms with Crippen molar-refractivity contribution in [2.75, 3.05) is 44.2 Å². The van der Waals surface area contributed by atoms with Gasteiger partial charge in [0.1, 0.15) is 17.7 Å². The molecule has 4 heterocycles. The SMILES string of the molecule is C[C@H]1SCc2ncnc(N3CCN(C(=O)C4(c5cccc(Cl)c5)CCN(C(=O)OC(C)(C)C)CC4)CC3)c21. The molecule has 0 bridgehead atoms. The number of piperidine rings is 1. The van der Waals surface area contributed by atoms with E-state index in [4.69, 9.17) is 16.3 Å². The molecular formula is C28H36ClN5O3S. The number of likely N-dealkylation sites (tertiary alicyclic amines) is 1. The fourth-order valence-corrected chi connectivity index (χ4v) is 6.96. The molecule has 0 aliphatic carbocycles. The molecule has 1 aromatic carbocycles. The number of hydrogen-bond acceptors (Lipinski definition) is 7. The molecule has 1 atom stereocenters. The van der Waals surface area contributed by atoms with Gasteiger partial charge in [0.05, 0.1) is 11.1 Å². The van der Waals surface area contributed by atoms with Crippen LogP contribution in [0.1, 0.15) is 62.6 Å². The average molecular weight is 558 g/mol. The summed E-state index contributed by atoms with van der Waals surface area (Å²) < 4.78 is 5.59. The Kier molecular flexibility index (Phi) is 7.52. The van der Waals surface area contributed by atoms with Crippen LogP contribution in [0.25, 0.3) is 0 Å². The first-order valence-corrected chi connectivity index (χ1v) is 14.7. The lowest BCUT2D eigenvalue weighted by Crippen LogP contribution is -2.58. The number of fused-ring (bicyclic) bond motifs is 1. The number of aromatic nitrogens is 2. The third-order valence-corrected chi connectivity index (χ3v) is 9.15. The summed E-state index contributed by atoms with van der Waals surface area (Å²) >= 11 is 8.27. The Morgan fingerprint density at radius 3 is 2.42 bits per heavy atom. The average Bonchev–Trinajstić information content (AvgIpc) is 3.28. The molecule has 5 rings (SSSR count). The van der Waals surface area contributed by atoms with Crippen LogP contribution in [0, 0.1) is 0 Å². The third-order valence-electron chi connectivity index (χ3n) is 7.74. The maximum Gasteiger partial charge on any atom is 0.410 e. The minimum absolute atomic E-state index is 0.111. The number of amides is 2.